The fourth-order valence-corrected chi connectivity index (χ4v) is 2.77. The number of carbonyl (C=O) groups excluding carboxylic acids is 1. The number of anilines is 2. The predicted octanol–water partition coefficient (Wildman–Crippen LogP) is 4.37. The van der Waals surface area contributed by atoms with Crippen LogP contribution in [0.1, 0.15) is 24.0 Å². The highest BCUT2D eigenvalue weighted by atomic mass is 16.2. The molecule has 1 heterocycles. The topological polar surface area (TPSA) is 32.3 Å². The quantitative estimate of drug-likeness (QED) is 0.826. The highest BCUT2D eigenvalue weighted by Crippen LogP contribution is 2.28. The van der Waals surface area contributed by atoms with Gasteiger partial charge in [0.25, 0.3) is 0 Å². The summed E-state index contributed by atoms with van der Waals surface area (Å²) >= 11 is 0. The molecule has 2 aromatic carbocycles. The summed E-state index contributed by atoms with van der Waals surface area (Å²) in [6, 6.07) is 16.0. The number of hydrogen-bond acceptors (Lipinski definition) is 1. The Kier molecular flexibility index (Phi) is 3.91. The molecule has 0 unspecified atom stereocenters. The van der Waals surface area contributed by atoms with Gasteiger partial charge in [0.2, 0.25) is 0 Å². The summed E-state index contributed by atoms with van der Waals surface area (Å²) in [6.45, 7) is 2.84. The second-order valence-electron chi connectivity index (χ2n) is 5.54. The third kappa shape index (κ3) is 3.07. The second kappa shape index (κ2) is 6.00. The number of aryl methyl sites for hydroxylation is 2. The first-order valence-electron chi connectivity index (χ1n) is 7.47. The van der Waals surface area contributed by atoms with Crippen molar-refractivity contribution in [2.45, 2.75) is 26.2 Å². The van der Waals surface area contributed by atoms with Crippen molar-refractivity contribution < 1.29 is 4.79 Å². The summed E-state index contributed by atoms with van der Waals surface area (Å²) < 4.78 is 0. The Morgan fingerprint density at radius 2 is 1.90 bits per heavy atom. The third-order valence-electron chi connectivity index (χ3n) is 3.88. The minimum absolute atomic E-state index is 0.0463. The van der Waals surface area contributed by atoms with Crippen LogP contribution in [-0.2, 0) is 6.42 Å². The average molecular weight is 280 g/mol. The first-order valence-corrected chi connectivity index (χ1v) is 7.47. The van der Waals surface area contributed by atoms with Crippen molar-refractivity contribution in [3.8, 4) is 0 Å². The van der Waals surface area contributed by atoms with E-state index >= 15 is 0 Å². The van der Waals surface area contributed by atoms with Gasteiger partial charge in [0.1, 0.15) is 0 Å². The standard InChI is InChI=1S/C18H20N2O/c1-14-10-11-15-7-5-6-12-20(17(15)13-14)18(21)19-16-8-3-2-4-9-16/h2-4,8-11,13H,5-7,12H2,1H3,(H,19,21). The zero-order valence-electron chi connectivity index (χ0n) is 12.3. The lowest BCUT2D eigenvalue weighted by Gasteiger charge is -2.23. The van der Waals surface area contributed by atoms with Gasteiger partial charge in [-0.2, -0.15) is 0 Å². The highest BCUT2D eigenvalue weighted by Gasteiger charge is 2.21. The number of hydrogen-bond donors (Lipinski definition) is 1. The Labute approximate surface area is 125 Å². The van der Waals surface area contributed by atoms with Gasteiger partial charge in [-0.05, 0) is 55.5 Å². The number of fused-ring (bicyclic) bond motifs is 1. The van der Waals surface area contributed by atoms with E-state index in [1.807, 2.05) is 35.2 Å². The van der Waals surface area contributed by atoms with Crippen LogP contribution in [0.2, 0.25) is 0 Å². The minimum atomic E-state index is -0.0463. The van der Waals surface area contributed by atoms with Gasteiger partial charge in [0.05, 0.1) is 0 Å². The Morgan fingerprint density at radius 3 is 2.71 bits per heavy atom. The van der Waals surface area contributed by atoms with E-state index in [1.54, 1.807) is 0 Å². The third-order valence-corrected chi connectivity index (χ3v) is 3.88. The predicted molar refractivity (Wildman–Crippen MR) is 86.9 cm³/mol. The summed E-state index contributed by atoms with van der Waals surface area (Å²) in [7, 11) is 0. The number of carbonyl (C=O) groups is 1. The molecule has 0 radical (unpaired) electrons. The maximum atomic E-state index is 12.6. The largest absolute Gasteiger partial charge is 0.326 e. The fourth-order valence-electron chi connectivity index (χ4n) is 2.77. The molecule has 0 saturated heterocycles. The van der Waals surface area contributed by atoms with Gasteiger partial charge >= 0.3 is 6.03 Å². The van der Waals surface area contributed by atoms with Crippen molar-refractivity contribution in [3.05, 3.63) is 59.7 Å². The number of rotatable bonds is 1. The Morgan fingerprint density at radius 1 is 1.10 bits per heavy atom. The normalized spacial score (nSPS) is 14.2. The smallest absolute Gasteiger partial charge is 0.308 e. The molecule has 0 aliphatic carbocycles. The van der Waals surface area contributed by atoms with Crippen LogP contribution < -0.4 is 10.2 Å². The van der Waals surface area contributed by atoms with Crippen LogP contribution in [-0.4, -0.2) is 12.6 Å². The van der Waals surface area contributed by atoms with E-state index < -0.39 is 0 Å². The van der Waals surface area contributed by atoms with Crippen molar-refractivity contribution in [3.63, 3.8) is 0 Å². The first-order chi connectivity index (χ1) is 10.2. The SMILES string of the molecule is Cc1ccc2c(c1)N(C(=O)Nc1ccccc1)CCCC2. The van der Waals surface area contributed by atoms with Crippen LogP contribution >= 0.6 is 0 Å². The maximum Gasteiger partial charge on any atom is 0.326 e. The van der Waals surface area contributed by atoms with E-state index in [0.29, 0.717) is 0 Å². The molecule has 0 saturated carbocycles. The van der Waals surface area contributed by atoms with E-state index in [4.69, 9.17) is 0 Å². The van der Waals surface area contributed by atoms with Gasteiger partial charge in [-0.3, -0.25) is 4.90 Å². The van der Waals surface area contributed by atoms with Crippen molar-refractivity contribution in [1.29, 1.82) is 0 Å². The van der Waals surface area contributed by atoms with Crippen molar-refractivity contribution in [1.82, 2.24) is 0 Å². The second-order valence-corrected chi connectivity index (χ2v) is 5.54. The average Bonchev–Trinajstić information content (AvgIpc) is 2.70. The molecule has 3 rings (SSSR count). The molecule has 0 bridgehead atoms. The zero-order chi connectivity index (χ0) is 14.7. The van der Waals surface area contributed by atoms with Crippen LogP contribution in [0.5, 0.6) is 0 Å². The molecule has 2 amide bonds. The Balaban J connectivity index is 1.88. The van der Waals surface area contributed by atoms with Gasteiger partial charge in [0.15, 0.2) is 0 Å². The van der Waals surface area contributed by atoms with E-state index in [2.05, 4.69) is 30.4 Å². The Hall–Kier alpha value is -2.29. The number of urea groups is 1. The summed E-state index contributed by atoms with van der Waals surface area (Å²) in [5.74, 6) is 0. The molecule has 3 nitrogen and oxygen atoms in total. The van der Waals surface area contributed by atoms with E-state index in [-0.39, 0.29) is 6.03 Å². The monoisotopic (exact) mass is 280 g/mol. The number of para-hydroxylation sites is 1. The van der Waals surface area contributed by atoms with Gasteiger partial charge in [-0.1, -0.05) is 30.3 Å². The van der Waals surface area contributed by atoms with Gasteiger partial charge in [-0.15, -0.1) is 0 Å². The molecule has 108 valence electrons. The van der Waals surface area contributed by atoms with Crippen LogP contribution in [0.15, 0.2) is 48.5 Å². The number of nitrogens with one attached hydrogen (secondary N) is 1. The Bertz CT molecular complexity index is 637. The molecule has 21 heavy (non-hydrogen) atoms. The number of benzene rings is 2. The molecular weight excluding hydrogens is 260 g/mol. The van der Waals surface area contributed by atoms with Crippen LogP contribution in [0.3, 0.4) is 0 Å². The minimum Gasteiger partial charge on any atom is -0.308 e. The van der Waals surface area contributed by atoms with E-state index in [1.165, 1.54) is 11.1 Å². The zero-order valence-corrected chi connectivity index (χ0v) is 12.3. The number of amides is 2. The molecular formula is C18H20N2O. The maximum absolute atomic E-state index is 12.6. The molecule has 0 atom stereocenters. The molecule has 2 aromatic rings. The van der Waals surface area contributed by atoms with E-state index in [0.717, 1.165) is 37.2 Å². The first kappa shape index (κ1) is 13.7. The lowest BCUT2D eigenvalue weighted by atomic mass is 10.1. The summed E-state index contributed by atoms with van der Waals surface area (Å²) in [5, 5.41) is 2.99. The van der Waals surface area contributed by atoms with Gasteiger partial charge in [0, 0.05) is 17.9 Å². The lowest BCUT2D eigenvalue weighted by molar-refractivity contribution is 0.257. The summed E-state index contributed by atoms with van der Waals surface area (Å²) in [6.07, 6.45) is 3.21. The molecule has 0 fully saturated rings. The van der Waals surface area contributed by atoms with Crippen molar-refractivity contribution in [2.24, 2.45) is 0 Å². The van der Waals surface area contributed by atoms with Gasteiger partial charge in [-0.25, -0.2) is 4.79 Å². The van der Waals surface area contributed by atoms with Crippen LogP contribution in [0, 0.1) is 6.92 Å². The molecule has 3 heteroatoms. The van der Waals surface area contributed by atoms with Crippen LogP contribution in [0.25, 0.3) is 0 Å². The fraction of sp³-hybridized carbons (Fsp3) is 0.278. The van der Waals surface area contributed by atoms with E-state index in [9.17, 15) is 4.79 Å². The molecule has 1 N–H and O–H groups in total. The van der Waals surface area contributed by atoms with Crippen LogP contribution in [0.4, 0.5) is 16.2 Å². The summed E-state index contributed by atoms with van der Waals surface area (Å²) in [5.41, 5.74) is 4.34. The van der Waals surface area contributed by atoms with Gasteiger partial charge < -0.3 is 5.32 Å². The highest BCUT2D eigenvalue weighted by molar-refractivity contribution is 6.02. The molecule has 0 spiro atoms. The van der Waals surface area contributed by atoms with Crippen molar-refractivity contribution in [2.75, 3.05) is 16.8 Å². The molecule has 1 aliphatic heterocycles. The van der Waals surface area contributed by atoms with Crippen molar-refractivity contribution >= 4 is 17.4 Å². The molecule has 0 aromatic heterocycles. The summed E-state index contributed by atoms with van der Waals surface area (Å²) in [4.78, 5) is 14.5. The lowest BCUT2D eigenvalue weighted by Crippen LogP contribution is -2.35. The molecule has 1 aliphatic rings. The number of nitrogens with zero attached hydrogens (tertiary/aromatic N) is 1.